The first-order valence-corrected chi connectivity index (χ1v) is 9.13. The molecule has 1 amide bonds. The third-order valence-electron chi connectivity index (χ3n) is 5.21. The van der Waals surface area contributed by atoms with E-state index in [-0.39, 0.29) is 44.2 Å². The number of hydrogen-bond donors (Lipinski definition) is 3. The maximum Gasteiger partial charge on any atom is 0.314 e. The number of carbonyl (C=O) groups is 2. The molecule has 2 atom stereocenters. The number of carboxylic acid groups (broad SMARTS) is 1. The second kappa shape index (κ2) is 8.39. The number of likely N-dealkylation sites (tertiary alicyclic amines) is 1. The predicted octanol–water partition coefficient (Wildman–Crippen LogP) is 2.14. The summed E-state index contributed by atoms with van der Waals surface area (Å²) >= 11 is 0. The van der Waals surface area contributed by atoms with Crippen LogP contribution in [0.15, 0.2) is 54.6 Å². The number of rotatable bonds is 6. The molecule has 0 spiro atoms. The highest BCUT2D eigenvalue weighted by Crippen LogP contribution is 2.34. The van der Waals surface area contributed by atoms with Crippen molar-refractivity contribution >= 4 is 17.6 Å². The van der Waals surface area contributed by atoms with Gasteiger partial charge >= 0.3 is 5.97 Å². The molecule has 0 aliphatic carbocycles. The van der Waals surface area contributed by atoms with Crippen LogP contribution >= 0.6 is 0 Å². The smallest absolute Gasteiger partial charge is 0.314 e. The Labute approximate surface area is 162 Å². The minimum Gasteiger partial charge on any atom is -0.481 e. The fourth-order valence-corrected chi connectivity index (χ4v) is 3.57. The number of nitrogens with one attached hydrogen (secondary N) is 1. The van der Waals surface area contributed by atoms with Gasteiger partial charge in [0.25, 0.3) is 0 Å². The molecule has 2 aromatic carbocycles. The van der Waals surface area contributed by atoms with Gasteiger partial charge in [-0.15, -0.1) is 0 Å². The van der Waals surface area contributed by atoms with Gasteiger partial charge in [0.1, 0.15) is 11.2 Å². The second-order valence-electron chi connectivity index (χ2n) is 7.10. The van der Waals surface area contributed by atoms with Gasteiger partial charge in [-0.05, 0) is 42.7 Å². The van der Waals surface area contributed by atoms with Crippen LogP contribution in [0.3, 0.4) is 0 Å². The maximum absolute atomic E-state index is 13.0. The van der Waals surface area contributed by atoms with Crippen LogP contribution < -0.4 is 5.32 Å². The second-order valence-corrected chi connectivity index (χ2v) is 7.10. The number of aliphatic hydroxyl groups excluding tert-OH is 1. The number of carboxylic acids is 1. The molecular weight excluding hydrogens is 363 g/mol. The number of anilines is 1. The molecule has 2 aromatic rings. The zero-order chi connectivity index (χ0) is 20.1. The van der Waals surface area contributed by atoms with Crippen molar-refractivity contribution in [1.82, 2.24) is 4.90 Å². The molecule has 1 saturated heterocycles. The molecule has 1 fully saturated rings. The molecule has 1 aliphatic rings. The summed E-state index contributed by atoms with van der Waals surface area (Å²) in [4.78, 5) is 26.2. The maximum atomic E-state index is 13.0. The quantitative estimate of drug-likeness (QED) is 0.708. The van der Waals surface area contributed by atoms with Crippen molar-refractivity contribution in [3.63, 3.8) is 0 Å². The van der Waals surface area contributed by atoms with E-state index in [0.717, 1.165) is 5.56 Å². The van der Waals surface area contributed by atoms with Gasteiger partial charge < -0.3 is 20.4 Å². The lowest BCUT2D eigenvalue weighted by atomic mass is 9.73. The van der Waals surface area contributed by atoms with Crippen LogP contribution in [0.25, 0.3) is 0 Å². The van der Waals surface area contributed by atoms with Crippen molar-refractivity contribution in [1.29, 1.82) is 0 Å². The third kappa shape index (κ3) is 4.31. The summed E-state index contributed by atoms with van der Waals surface area (Å²) in [6.45, 7) is 0.181. The van der Waals surface area contributed by atoms with Gasteiger partial charge in [0, 0.05) is 18.8 Å². The predicted molar refractivity (Wildman–Crippen MR) is 102 cm³/mol. The molecule has 6 nitrogen and oxygen atoms in total. The molecule has 0 radical (unpaired) electrons. The first kappa shape index (κ1) is 19.8. The molecule has 0 aromatic heterocycles. The Bertz CT molecular complexity index is 828. The Morgan fingerprint density at radius 2 is 1.82 bits per heavy atom. The standard InChI is InChI=1S/C21H23FN2O4/c22-16-6-8-17(9-7-16)23-13-19(26)24-11-10-18(25)21(14-24,20(27)28)12-15-4-2-1-3-5-15/h1-9,18,23,25H,10-14H2,(H,27,28)/t18-,21-/m1/s1. The number of halogens is 1. The lowest BCUT2D eigenvalue weighted by Gasteiger charge is -2.43. The van der Waals surface area contributed by atoms with Gasteiger partial charge in [0.2, 0.25) is 5.91 Å². The summed E-state index contributed by atoms with van der Waals surface area (Å²) in [6, 6.07) is 14.7. The van der Waals surface area contributed by atoms with Gasteiger partial charge in [0.05, 0.1) is 12.6 Å². The van der Waals surface area contributed by atoms with Crippen LogP contribution in [0.2, 0.25) is 0 Å². The Hall–Kier alpha value is -2.93. The molecule has 7 heteroatoms. The van der Waals surface area contributed by atoms with Crippen molar-refractivity contribution in [2.45, 2.75) is 18.9 Å². The van der Waals surface area contributed by atoms with E-state index in [1.807, 2.05) is 30.3 Å². The number of amides is 1. The Balaban J connectivity index is 1.71. The topological polar surface area (TPSA) is 89.9 Å². The van der Waals surface area contributed by atoms with E-state index in [0.29, 0.717) is 5.69 Å². The van der Waals surface area contributed by atoms with Gasteiger partial charge in [-0.3, -0.25) is 9.59 Å². The minimum atomic E-state index is -1.45. The normalized spacial score (nSPS) is 21.9. The SMILES string of the molecule is O=C(CNc1ccc(F)cc1)N1CC[C@@H](O)[C@](Cc2ccccc2)(C(=O)O)C1. The van der Waals surface area contributed by atoms with Gasteiger partial charge in [-0.2, -0.15) is 0 Å². The van der Waals surface area contributed by atoms with Gasteiger partial charge in [-0.25, -0.2) is 4.39 Å². The van der Waals surface area contributed by atoms with Crippen molar-refractivity contribution in [2.24, 2.45) is 5.41 Å². The van der Waals surface area contributed by atoms with Crippen molar-refractivity contribution in [3.05, 3.63) is 66.0 Å². The number of benzene rings is 2. The molecule has 3 N–H and O–H groups in total. The molecule has 0 saturated carbocycles. The van der Waals surface area contributed by atoms with Crippen LogP contribution in [-0.4, -0.2) is 52.7 Å². The van der Waals surface area contributed by atoms with E-state index >= 15 is 0 Å². The number of hydrogen-bond acceptors (Lipinski definition) is 4. The first-order chi connectivity index (χ1) is 13.4. The largest absolute Gasteiger partial charge is 0.481 e. The lowest BCUT2D eigenvalue weighted by Crippen LogP contribution is -2.59. The molecular formula is C21H23FN2O4. The Kier molecular flexibility index (Phi) is 5.94. The first-order valence-electron chi connectivity index (χ1n) is 9.13. The van der Waals surface area contributed by atoms with E-state index in [4.69, 9.17) is 0 Å². The summed E-state index contributed by atoms with van der Waals surface area (Å²) in [5.41, 5.74) is -0.0613. The van der Waals surface area contributed by atoms with Crippen molar-refractivity contribution in [2.75, 3.05) is 25.0 Å². The van der Waals surface area contributed by atoms with Crippen LogP contribution in [-0.2, 0) is 16.0 Å². The Morgan fingerprint density at radius 1 is 1.14 bits per heavy atom. The van der Waals surface area contributed by atoms with Crippen LogP contribution in [0, 0.1) is 11.2 Å². The summed E-state index contributed by atoms with van der Waals surface area (Å²) in [7, 11) is 0. The van der Waals surface area contributed by atoms with Gasteiger partial charge in [-0.1, -0.05) is 30.3 Å². The number of nitrogens with zero attached hydrogens (tertiary/aromatic N) is 1. The van der Waals surface area contributed by atoms with Crippen molar-refractivity contribution < 1.29 is 24.2 Å². The monoisotopic (exact) mass is 386 g/mol. The molecule has 0 unspecified atom stereocenters. The molecule has 1 heterocycles. The highest BCUT2D eigenvalue weighted by atomic mass is 19.1. The van der Waals surface area contributed by atoms with E-state index in [2.05, 4.69) is 5.32 Å². The minimum absolute atomic E-state index is 0.0389. The highest BCUT2D eigenvalue weighted by Gasteiger charge is 2.50. The number of aliphatic hydroxyl groups is 1. The molecule has 148 valence electrons. The van der Waals surface area contributed by atoms with E-state index < -0.39 is 17.5 Å². The summed E-state index contributed by atoms with van der Waals surface area (Å²) < 4.78 is 13.0. The van der Waals surface area contributed by atoms with Crippen LogP contribution in [0.5, 0.6) is 0 Å². The number of piperidine rings is 1. The Morgan fingerprint density at radius 3 is 2.46 bits per heavy atom. The zero-order valence-corrected chi connectivity index (χ0v) is 15.3. The van der Waals surface area contributed by atoms with E-state index in [1.54, 1.807) is 0 Å². The van der Waals surface area contributed by atoms with Crippen LogP contribution in [0.1, 0.15) is 12.0 Å². The average molecular weight is 386 g/mol. The molecule has 3 rings (SSSR count). The van der Waals surface area contributed by atoms with Crippen LogP contribution in [0.4, 0.5) is 10.1 Å². The van der Waals surface area contributed by atoms with Crippen molar-refractivity contribution in [3.8, 4) is 0 Å². The lowest BCUT2D eigenvalue weighted by molar-refractivity contribution is -0.165. The highest BCUT2D eigenvalue weighted by molar-refractivity contribution is 5.83. The van der Waals surface area contributed by atoms with E-state index in [1.165, 1.54) is 29.2 Å². The third-order valence-corrected chi connectivity index (χ3v) is 5.21. The number of carbonyl (C=O) groups excluding carboxylic acids is 1. The summed E-state index contributed by atoms with van der Waals surface area (Å²) in [6.07, 6.45) is -0.708. The summed E-state index contributed by atoms with van der Waals surface area (Å²) in [5, 5.41) is 23.3. The molecule has 28 heavy (non-hydrogen) atoms. The average Bonchev–Trinajstić information content (AvgIpc) is 2.69. The molecule has 0 bridgehead atoms. The van der Waals surface area contributed by atoms with E-state index in [9.17, 15) is 24.2 Å². The fraction of sp³-hybridized carbons (Fsp3) is 0.333. The fourth-order valence-electron chi connectivity index (χ4n) is 3.57. The molecule has 1 aliphatic heterocycles. The number of aliphatic carboxylic acids is 1. The summed E-state index contributed by atoms with van der Waals surface area (Å²) in [5.74, 6) is -1.75. The van der Waals surface area contributed by atoms with Gasteiger partial charge in [0.15, 0.2) is 0 Å². The zero-order valence-electron chi connectivity index (χ0n) is 15.3.